The zero-order valence-corrected chi connectivity index (χ0v) is 13.1. The molecule has 0 saturated carbocycles. The molecule has 1 unspecified atom stereocenters. The summed E-state index contributed by atoms with van der Waals surface area (Å²) in [5.41, 5.74) is 0.731. The molecule has 0 N–H and O–H groups in total. The molecule has 0 spiro atoms. The first-order chi connectivity index (χ1) is 11.1. The average Bonchev–Trinajstić information content (AvgIpc) is 2.97. The van der Waals surface area contributed by atoms with E-state index in [9.17, 15) is 14.4 Å². The zero-order valence-electron chi connectivity index (χ0n) is 13.1. The van der Waals surface area contributed by atoms with Crippen LogP contribution in [0.2, 0.25) is 0 Å². The molecule has 2 fully saturated rings. The molecule has 23 heavy (non-hydrogen) atoms. The normalized spacial score (nSPS) is 21.7. The van der Waals surface area contributed by atoms with Gasteiger partial charge in [-0.25, -0.2) is 0 Å². The lowest BCUT2D eigenvalue weighted by atomic mass is 10.1. The number of aromatic nitrogens is 1. The van der Waals surface area contributed by atoms with Gasteiger partial charge < -0.3 is 14.7 Å². The Balaban J connectivity index is 1.61. The summed E-state index contributed by atoms with van der Waals surface area (Å²) in [4.78, 5) is 45.3. The van der Waals surface area contributed by atoms with Crippen LogP contribution >= 0.6 is 0 Å². The van der Waals surface area contributed by atoms with E-state index in [4.69, 9.17) is 0 Å². The first-order valence-corrected chi connectivity index (χ1v) is 7.81. The largest absolute Gasteiger partial charge is 0.339 e. The van der Waals surface area contributed by atoms with Gasteiger partial charge in [0, 0.05) is 52.3 Å². The van der Waals surface area contributed by atoms with Crippen LogP contribution < -0.4 is 4.90 Å². The van der Waals surface area contributed by atoms with Crippen molar-refractivity contribution in [2.24, 2.45) is 5.92 Å². The lowest BCUT2D eigenvalue weighted by Crippen LogP contribution is -2.51. The Morgan fingerprint density at radius 1 is 1.17 bits per heavy atom. The minimum absolute atomic E-state index is 0.00735. The van der Waals surface area contributed by atoms with Gasteiger partial charge in [0.15, 0.2) is 0 Å². The van der Waals surface area contributed by atoms with Crippen molar-refractivity contribution in [1.82, 2.24) is 14.8 Å². The molecule has 0 radical (unpaired) electrons. The standard InChI is InChI=1S/C16H20N4O3/c1-12(21)18-5-7-19(8-6-18)16(23)13-9-15(22)20(11-13)14-3-2-4-17-10-14/h2-4,10,13H,5-9,11H2,1H3. The maximum Gasteiger partial charge on any atom is 0.228 e. The van der Waals surface area contributed by atoms with E-state index >= 15 is 0 Å². The summed E-state index contributed by atoms with van der Waals surface area (Å²) in [6.45, 7) is 4.14. The van der Waals surface area contributed by atoms with E-state index in [1.165, 1.54) is 0 Å². The second-order valence-corrected chi connectivity index (χ2v) is 5.95. The smallest absolute Gasteiger partial charge is 0.228 e. The summed E-state index contributed by atoms with van der Waals surface area (Å²) in [6.07, 6.45) is 3.53. The predicted molar refractivity (Wildman–Crippen MR) is 83.5 cm³/mol. The molecule has 7 heteroatoms. The van der Waals surface area contributed by atoms with Gasteiger partial charge in [0.2, 0.25) is 17.7 Å². The third-order valence-corrected chi connectivity index (χ3v) is 4.47. The molecule has 2 saturated heterocycles. The fourth-order valence-corrected chi connectivity index (χ4v) is 3.14. The molecule has 7 nitrogen and oxygen atoms in total. The highest BCUT2D eigenvalue weighted by Gasteiger charge is 2.38. The Hall–Kier alpha value is -2.44. The maximum absolute atomic E-state index is 12.6. The quantitative estimate of drug-likeness (QED) is 0.777. The number of rotatable bonds is 2. The maximum atomic E-state index is 12.6. The molecule has 3 amide bonds. The Morgan fingerprint density at radius 2 is 1.87 bits per heavy atom. The zero-order chi connectivity index (χ0) is 16.4. The van der Waals surface area contributed by atoms with E-state index in [1.807, 2.05) is 6.07 Å². The minimum atomic E-state index is -0.313. The molecule has 0 aromatic carbocycles. The molecule has 1 aromatic rings. The van der Waals surface area contributed by atoms with E-state index in [0.29, 0.717) is 32.7 Å². The highest BCUT2D eigenvalue weighted by atomic mass is 16.2. The molecule has 0 bridgehead atoms. The Labute approximate surface area is 134 Å². The molecular formula is C16H20N4O3. The van der Waals surface area contributed by atoms with Crippen LogP contribution in [0.3, 0.4) is 0 Å². The van der Waals surface area contributed by atoms with Gasteiger partial charge in [0.05, 0.1) is 17.8 Å². The van der Waals surface area contributed by atoms with Gasteiger partial charge in [-0.15, -0.1) is 0 Å². The van der Waals surface area contributed by atoms with Crippen LogP contribution in [0.15, 0.2) is 24.5 Å². The fourth-order valence-electron chi connectivity index (χ4n) is 3.14. The van der Waals surface area contributed by atoms with Crippen molar-refractivity contribution in [2.45, 2.75) is 13.3 Å². The fraction of sp³-hybridized carbons (Fsp3) is 0.500. The first kappa shape index (κ1) is 15.5. The summed E-state index contributed by atoms with van der Waals surface area (Å²) >= 11 is 0. The lowest BCUT2D eigenvalue weighted by molar-refractivity contribution is -0.141. The number of anilines is 1. The van der Waals surface area contributed by atoms with Crippen LogP contribution in [0.1, 0.15) is 13.3 Å². The number of carbonyl (C=O) groups is 3. The monoisotopic (exact) mass is 316 g/mol. The van der Waals surface area contributed by atoms with Crippen LogP contribution in [0.5, 0.6) is 0 Å². The number of hydrogen-bond donors (Lipinski definition) is 0. The number of pyridine rings is 1. The van der Waals surface area contributed by atoms with Crippen molar-refractivity contribution in [3.05, 3.63) is 24.5 Å². The number of amides is 3. The van der Waals surface area contributed by atoms with Gasteiger partial charge >= 0.3 is 0 Å². The van der Waals surface area contributed by atoms with Crippen molar-refractivity contribution in [2.75, 3.05) is 37.6 Å². The van der Waals surface area contributed by atoms with Gasteiger partial charge in [0.1, 0.15) is 0 Å². The van der Waals surface area contributed by atoms with Gasteiger partial charge in [-0.05, 0) is 12.1 Å². The SMILES string of the molecule is CC(=O)N1CCN(C(=O)C2CC(=O)N(c3cccnc3)C2)CC1. The van der Waals surface area contributed by atoms with E-state index in [-0.39, 0.29) is 30.1 Å². The van der Waals surface area contributed by atoms with Crippen LogP contribution in [-0.4, -0.2) is 65.2 Å². The molecule has 1 aromatic heterocycles. The molecule has 1 atom stereocenters. The minimum Gasteiger partial charge on any atom is -0.339 e. The average molecular weight is 316 g/mol. The molecule has 0 aliphatic carbocycles. The number of hydrogen-bond acceptors (Lipinski definition) is 4. The van der Waals surface area contributed by atoms with Gasteiger partial charge in [-0.1, -0.05) is 0 Å². The molecule has 3 heterocycles. The van der Waals surface area contributed by atoms with Crippen molar-refractivity contribution in [1.29, 1.82) is 0 Å². The molecular weight excluding hydrogens is 296 g/mol. The summed E-state index contributed by atoms with van der Waals surface area (Å²) < 4.78 is 0. The lowest BCUT2D eigenvalue weighted by Gasteiger charge is -2.35. The number of nitrogens with zero attached hydrogens (tertiary/aromatic N) is 4. The third-order valence-electron chi connectivity index (χ3n) is 4.47. The number of piperazine rings is 1. The van der Waals surface area contributed by atoms with Crippen molar-refractivity contribution >= 4 is 23.4 Å². The van der Waals surface area contributed by atoms with E-state index in [0.717, 1.165) is 5.69 Å². The van der Waals surface area contributed by atoms with E-state index in [1.54, 1.807) is 40.1 Å². The highest BCUT2D eigenvalue weighted by molar-refractivity contribution is 6.00. The molecule has 2 aliphatic rings. The number of carbonyl (C=O) groups excluding carboxylic acids is 3. The van der Waals surface area contributed by atoms with Crippen LogP contribution in [0.25, 0.3) is 0 Å². The second kappa shape index (κ2) is 6.36. The summed E-state index contributed by atoms with van der Waals surface area (Å²) in [6, 6.07) is 3.60. The Morgan fingerprint density at radius 3 is 2.48 bits per heavy atom. The summed E-state index contributed by atoms with van der Waals surface area (Å²) in [5, 5.41) is 0. The molecule has 122 valence electrons. The van der Waals surface area contributed by atoms with Crippen LogP contribution in [-0.2, 0) is 14.4 Å². The first-order valence-electron chi connectivity index (χ1n) is 7.81. The van der Waals surface area contributed by atoms with Crippen molar-refractivity contribution < 1.29 is 14.4 Å². The topological polar surface area (TPSA) is 73.8 Å². The predicted octanol–water partition coefficient (Wildman–Crippen LogP) is 0.125. The van der Waals surface area contributed by atoms with Crippen molar-refractivity contribution in [3.63, 3.8) is 0 Å². The van der Waals surface area contributed by atoms with Gasteiger partial charge in [-0.2, -0.15) is 0 Å². The summed E-state index contributed by atoms with van der Waals surface area (Å²) in [7, 11) is 0. The van der Waals surface area contributed by atoms with E-state index in [2.05, 4.69) is 4.98 Å². The van der Waals surface area contributed by atoms with Gasteiger partial charge in [-0.3, -0.25) is 19.4 Å². The third kappa shape index (κ3) is 3.18. The van der Waals surface area contributed by atoms with Gasteiger partial charge in [0.25, 0.3) is 0 Å². The highest BCUT2D eigenvalue weighted by Crippen LogP contribution is 2.26. The second-order valence-electron chi connectivity index (χ2n) is 5.95. The van der Waals surface area contributed by atoms with Crippen LogP contribution in [0.4, 0.5) is 5.69 Å². The van der Waals surface area contributed by atoms with Crippen LogP contribution in [0, 0.1) is 5.92 Å². The molecule has 2 aliphatic heterocycles. The van der Waals surface area contributed by atoms with E-state index < -0.39 is 0 Å². The molecule has 3 rings (SSSR count). The Bertz CT molecular complexity index is 611. The van der Waals surface area contributed by atoms with Crippen molar-refractivity contribution in [3.8, 4) is 0 Å². The Kier molecular flexibility index (Phi) is 4.27. The summed E-state index contributed by atoms with van der Waals surface area (Å²) in [5.74, 6) is -0.311.